The number of carbonyl (C=O) groups is 1. The summed E-state index contributed by atoms with van der Waals surface area (Å²) in [5.41, 5.74) is 1.60. The summed E-state index contributed by atoms with van der Waals surface area (Å²) in [7, 11) is 3.43. The lowest BCUT2D eigenvalue weighted by Crippen LogP contribution is -2.39. The van der Waals surface area contributed by atoms with E-state index in [1.165, 1.54) is 11.0 Å². The number of hydrogen-bond donors (Lipinski definition) is 2. The van der Waals surface area contributed by atoms with Crippen LogP contribution in [0, 0.1) is 11.6 Å². The fourth-order valence-corrected chi connectivity index (χ4v) is 2.43. The first-order valence-corrected chi connectivity index (χ1v) is 9.31. The predicted molar refractivity (Wildman–Crippen MR) is 109 cm³/mol. The maximum Gasteiger partial charge on any atom is 0.253 e. The summed E-state index contributed by atoms with van der Waals surface area (Å²) in [5.74, 6) is -1.02. The minimum atomic E-state index is -0.941. The van der Waals surface area contributed by atoms with Crippen LogP contribution in [0.15, 0.2) is 47.5 Å². The summed E-state index contributed by atoms with van der Waals surface area (Å²) < 4.78 is 31.5. The largest absolute Gasteiger partial charge is 0.492 e. The number of nitrogens with one attached hydrogen (secondary N) is 2. The normalized spacial score (nSPS) is 11.1. The number of nitrogens with zero attached hydrogens (tertiary/aromatic N) is 2. The standard InChI is InChI=1S/C21H26F2N4O2/c1-4-24-21(25-11-12-29-17-9-10-18(22)19(23)13-17)26-14-15-5-7-16(8-6-15)20(28)27(2)3/h5-10,13H,4,11-12,14H2,1-3H3,(H2,24,25,26). The van der Waals surface area contributed by atoms with Gasteiger partial charge in [-0.25, -0.2) is 13.8 Å². The Balaban J connectivity index is 1.85. The number of guanidine groups is 1. The first kappa shape index (κ1) is 22.1. The van der Waals surface area contributed by atoms with E-state index in [2.05, 4.69) is 15.6 Å². The molecule has 0 radical (unpaired) electrons. The third-order valence-electron chi connectivity index (χ3n) is 3.93. The fourth-order valence-electron chi connectivity index (χ4n) is 2.43. The van der Waals surface area contributed by atoms with Crippen molar-refractivity contribution < 1.29 is 18.3 Å². The summed E-state index contributed by atoms with van der Waals surface area (Å²) in [6.45, 7) is 3.77. The van der Waals surface area contributed by atoms with Crippen LogP contribution < -0.4 is 15.4 Å². The van der Waals surface area contributed by atoms with Crippen LogP contribution in [0.5, 0.6) is 5.75 Å². The molecule has 0 spiro atoms. The monoisotopic (exact) mass is 404 g/mol. The Morgan fingerprint density at radius 1 is 1.07 bits per heavy atom. The van der Waals surface area contributed by atoms with Crippen LogP contribution in [0.25, 0.3) is 0 Å². The van der Waals surface area contributed by atoms with Crippen LogP contribution in [0.1, 0.15) is 22.8 Å². The maximum absolute atomic E-state index is 13.2. The Hall–Kier alpha value is -3.16. The summed E-state index contributed by atoms with van der Waals surface area (Å²) in [4.78, 5) is 17.9. The minimum Gasteiger partial charge on any atom is -0.492 e. The van der Waals surface area contributed by atoms with E-state index in [9.17, 15) is 13.6 Å². The van der Waals surface area contributed by atoms with Crippen molar-refractivity contribution in [1.29, 1.82) is 0 Å². The quantitative estimate of drug-likeness (QED) is 0.403. The van der Waals surface area contributed by atoms with Crippen molar-refractivity contribution in [2.24, 2.45) is 4.99 Å². The van der Waals surface area contributed by atoms with Gasteiger partial charge in [0.1, 0.15) is 12.4 Å². The number of benzene rings is 2. The van der Waals surface area contributed by atoms with Crippen molar-refractivity contribution in [1.82, 2.24) is 15.5 Å². The lowest BCUT2D eigenvalue weighted by molar-refractivity contribution is 0.0827. The second-order valence-corrected chi connectivity index (χ2v) is 6.44. The highest BCUT2D eigenvalue weighted by atomic mass is 19.2. The average molecular weight is 404 g/mol. The van der Waals surface area contributed by atoms with E-state index in [0.29, 0.717) is 31.2 Å². The Labute approximate surface area is 169 Å². The molecule has 156 valence electrons. The van der Waals surface area contributed by atoms with Gasteiger partial charge in [-0.15, -0.1) is 0 Å². The number of halogens is 2. The van der Waals surface area contributed by atoms with Gasteiger partial charge >= 0.3 is 0 Å². The number of hydrogen-bond acceptors (Lipinski definition) is 3. The Morgan fingerprint density at radius 3 is 2.41 bits per heavy atom. The van der Waals surface area contributed by atoms with Gasteiger partial charge in [-0.1, -0.05) is 12.1 Å². The van der Waals surface area contributed by atoms with Crippen LogP contribution in [-0.2, 0) is 6.54 Å². The smallest absolute Gasteiger partial charge is 0.253 e. The topological polar surface area (TPSA) is 66.0 Å². The second kappa shape index (κ2) is 11.0. The molecule has 0 aliphatic heterocycles. The molecule has 0 heterocycles. The zero-order valence-corrected chi connectivity index (χ0v) is 16.8. The molecule has 0 saturated carbocycles. The third kappa shape index (κ3) is 7.06. The first-order valence-electron chi connectivity index (χ1n) is 9.31. The van der Waals surface area contributed by atoms with E-state index in [4.69, 9.17) is 4.74 Å². The molecule has 0 saturated heterocycles. The highest BCUT2D eigenvalue weighted by Gasteiger charge is 2.07. The molecule has 2 aromatic rings. The van der Waals surface area contributed by atoms with E-state index < -0.39 is 11.6 Å². The van der Waals surface area contributed by atoms with Gasteiger partial charge in [-0.3, -0.25) is 4.79 Å². The van der Waals surface area contributed by atoms with Crippen LogP contribution in [-0.4, -0.2) is 50.6 Å². The van der Waals surface area contributed by atoms with E-state index in [1.54, 1.807) is 26.2 Å². The number of amides is 1. The van der Waals surface area contributed by atoms with Crippen molar-refractivity contribution in [3.63, 3.8) is 0 Å². The van der Waals surface area contributed by atoms with Gasteiger partial charge in [0.05, 0.1) is 13.1 Å². The van der Waals surface area contributed by atoms with Crippen molar-refractivity contribution >= 4 is 11.9 Å². The van der Waals surface area contributed by atoms with Crippen LogP contribution >= 0.6 is 0 Å². The third-order valence-corrected chi connectivity index (χ3v) is 3.93. The lowest BCUT2D eigenvalue weighted by atomic mass is 10.1. The van der Waals surface area contributed by atoms with E-state index in [1.807, 2.05) is 19.1 Å². The zero-order chi connectivity index (χ0) is 21.2. The van der Waals surface area contributed by atoms with Crippen molar-refractivity contribution in [3.05, 3.63) is 65.2 Å². The predicted octanol–water partition coefficient (Wildman–Crippen LogP) is 2.80. The summed E-state index contributed by atoms with van der Waals surface area (Å²) >= 11 is 0. The molecule has 0 aliphatic carbocycles. The highest BCUT2D eigenvalue weighted by molar-refractivity contribution is 5.93. The maximum atomic E-state index is 13.2. The average Bonchev–Trinajstić information content (AvgIpc) is 2.71. The molecule has 0 aliphatic rings. The van der Waals surface area contributed by atoms with E-state index in [0.717, 1.165) is 17.7 Å². The van der Waals surface area contributed by atoms with Crippen molar-refractivity contribution in [2.45, 2.75) is 13.5 Å². The molecule has 0 aromatic heterocycles. The molecule has 0 bridgehead atoms. The molecule has 2 aromatic carbocycles. The highest BCUT2D eigenvalue weighted by Crippen LogP contribution is 2.15. The Kier molecular flexibility index (Phi) is 8.39. The number of carbonyl (C=O) groups excluding carboxylic acids is 1. The first-order chi connectivity index (χ1) is 13.9. The van der Waals surface area contributed by atoms with Crippen LogP contribution in [0.3, 0.4) is 0 Å². The Morgan fingerprint density at radius 2 is 1.79 bits per heavy atom. The Bertz CT molecular complexity index is 839. The van der Waals surface area contributed by atoms with Gasteiger partial charge in [-0.2, -0.15) is 0 Å². The molecule has 0 unspecified atom stereocenters. The van der Waals surface area contributed by atoms with Gasteiger partial charge < -0.3 is 20.3 Å². The molecule has 0 atom stereocenters. The number of ether oxygens (including phenoxy) is 1. The summed E-state index contributed by atoms with van der Waals surface area (Å²) in [6.07, 6.45) is 0. The molecule has 29 heavy (non-hydrogen) atoms. The summed E-state index contributed by atoms with van der Waals surface area (Å²) in [5, 5.41) is 6.24. The molecule has 6 nitrogen and oxygen atoms in total. The van der Waals surface area contributed by atoms with Crippen molar-refractivity contribution in [2.75, 3.05) is 33.8 Å². The van der Waals surface area contributed by atoms with Gasteiger partial charge in [0.2, 0.25) is 0 Å². The minimum absolute atomic E-state index is 0.0453. The van der Waals surface area contributed by atoms with E-state index in [-0.39, 0.29) is 18.3 Å². The number of aliphatic imine (C=N–C) groups is 1. The second-order valence-electron chi connectivity index (χ2n) is 6.44. The van der Waals surface area contributed by atoms with Gasteiger partial charge in [0, 0.05) is 32.3 Å². The van der Waals surface area contributed by atoms with Crippen LogP contribution in [0.2, 0.25) is 0 Å². The van der Waals surface area contributed by atoms with Crippen LogP contribution in [0.4, 0.5) is 8.78 Å². The molecular formula is C21H26F2N4O2. The SMILES string of the molecule is CCNC(=NCc1ccc(C(=O)N(C)C)cc1)NCCOc1ccc(F)c(F)c1. The lowest BCUT2D eigenvalue weighted by Gasteiger charge is -2.12. The van der Waals surface area contributed by atoms with E-state index >= 15 is 0 Å². The molecule has 2 rings (SSSR count). The zero-order valence-electron chi connectivity index (χ0n) is 16.8. The van der Waals surface area contributed by atoms with Gasteiger partial charge in [-0.05, 0) is 36.8 Å². The van der Waals surface area contributed by atoms with Gasteiger partial charge in [0.15, 0.2) is 17.6 Å². The summed E-state index contributed by atoms with van der Waals surface area (Å²) in [6, 6.07) is 10.7. The molecule has 0 fully saturated rings. The molecule has 1 amide bonds. The molecular weight excluding hydrogens is 378 g/mol. The van der Waals surface area contributed by atoms with Crippen molar-refractivity contribution in [3.8, 4) is 5.75 Å². The fraction of sp³-hybridized carbons (Fsp3) is 0.333. The van der Waals surface area contributed by atoms with Gasteiger partial charge in [0.25, 0.3) is 5.91 Å². The molecule has 8 heteroatoms. The molecule has 2 N–H and O–H groups in total. The number of rotatable bonds is 8.